The van der Waals surface area contributed by atoms with Gasteiger partial charge in [-0.3, -0.25) is 0 Å². The molecule has 29 heavy (non-hydrogen) atoms. The molecule has 0 aliphatic rings. The number of nitrogens with one attached hydrogen (secondary N) is 1. The predicted octanol–water partition coefficient (Wildman–Crippen LogP) is 7.43. The predicted molar refractivity (Wildman–Crippen MR) is 121 cm³/mol. The fourth-order valence-electron chi connectivity index (χ4n) is 2.10. The average molecular weight is 455 g/mol. The van der Waals surface area contributed by atoms with E-state index < -0.39 is 0 Å². The number of para-hydroxylation sites is 1. The van der Waals surface area contributed by atoms with Gasteiger partial charge in [-0.2, -0.15) is 0 Å². The molecule has 0 bridgehead atoms. The van der Waals surface area contributed by atoms with Gasteiger partial charge in [-0.1, -0.05) is 52.3 Å². The average Bonchev–Trinajstić information content (AvgIpc) is 2.74. The molecule has 0 aliphatic carbocycles. The van der Waals surface area contributed by atoms with Gasteiger partial charge < -0.3 is 11.1 Å². The summed E-state index contributed by atoms with van der Waals surface area (Å²) in [6.45, 7) is 0. The van der Waals surface area contributed by atoms with Crippen molar-refractivity contribution in [2.45, 2.75) is 0 Å². The molecule has 148 valence electrons. The molecule has 0 aromatic heterocycles. The molecule has 0 aliphatic heterocycles. The zero-order chi connectivity index (χ0) is 20.9. The van der Waals surface area contributed by atoms with Crippen LogP contribution >= 0.6 is 15.9 Å². The summed E-state index contributed by atoms with van der Waals surface area (Å²) in [5.41, 5.74) is 7.74. The second-order valence-corrected chi connectivity index (χ2v) is 6.76. The van der Waals surface area contributed by atoms with E-state index in [-0.39, 0.29) is 11.6 Å². The van der Waals surface area contributed by atoms with Gasteiger partial charge in [0.1, 0.15) is 11.6 Å². The zero-order valence-electron chi connectivity index (χ0n) is 15.6. The lowest BCUT2D eigenvalue weighted by molar-refractivity contribution is 0.627. The SMILES string of the molecule is Brc1ccccc1.Fc1ccc(Nc2ccccc2)cc1.Nc1ccc(F)cc1. The first-order chi connectivity index (χ1) is 14.0. The molecule has 0 saturated carbocycles. The Hall–Kier alpha value is -3.18. The smallest absolute Gasteiger partial charge is 0.123 e. The molecular weight excluding hydrogens is 434 g/mol. The molecule has 0 atom stereocenters. The molecule has 4 aromatic rings. The highest BCUT2D eigenvalue weighted by Gasteiger charge is 1.93. The lowest BCUT2D eigenvalue weighted by Crippen LogP contribution is -1.89. The minimum Gasteiger partial charge on any atom is -0.399 e. The van der Waals surface area contributed by atoms with Crippen molar-refractivity contribution in [2.24, 2.45) is 0 Å². The Morgan fingerprint density at radius 3 is 1.38 bits per heavy atom. The fraction of sp³-hybridized carbons (Fsp3) is 0. The van der Waals surface area contributed by atoms with E-state index in [0.29, 0.717) is 5.69 Å². The maximum atomic E-state index is 12.6. The molecule has 0 spiro atoms. The summed E-state index contributed by atoms with van der Waals surface area (Å²) >= 11 is 3.31. The van der Waals surface area contributed by atoms with Crippen LogP contribution < -0.4 is 11.1 Å². The van der Waals surface area contributed by atoms with E-state index in [4.69, 9.17) is 5.73 Å². The number of anilines is 3. The Bertz CT molecular complexity index is 925. The highest BCUT2D eigenvalue weighted by molar-refractivity contribution is 9.10. The largest absolute Gasteiger partial charge is 0.399 e. The molecule has 0 unspecified atom stereocenters. The number of nitrogens with two attached hydrogens (primary N) is 1. The lowest BCUT2D eigenvalue weighted by atomic mass is 10.2. The summed E-state index contributed by atoms with van der Waals surface area (Å²) in [5.74, 6) is -0.470. The van der Waals surface area contributed by atoms with Crippen molar-refractivity contribution in [1.82, 2.24) is 0 Å². The van der Waals surface area contributed by atoms with Crippen LogP contribution in [0.15, 0.2) is 114 Å². The minimum absolute atomic E-state index is 0.219. The fourth-order valence-corrected chi connectivity index (χ4v) is 2.40. The normalized spacial score (nSPS) is 9.34. The summed E-state index contributed by atoms with van der Waals surface area (Å²) in [7, 11) is 0. The van der Waals surface area contributed by atoms with Crippen LogP contribution in [0.4, 0.5) is 25.8 Å². The van der Waals surface area contributed by atoms with E-state index in [1.807, 2.05) is 60.7 Å². The number of halogens is 3. The van der Waals surface area contributed by atoms with Gasteiger partial charge in [0.25, 0.3) is 0 Å². The quantitative estimate of drug-likeness (QED) is 0.309. The van der Waals surface area contributed by atoms with Crippen molar-refractivity contribution < 1.29 is 8.78 Å². The monoisotopic (exact) mass is 454 g/mol. The van der Waals surface area contributed by atoms with E-state index >= 15 is 0 Å². The van der Waals surface area contributed by atoms with E-state index in [0.717, 1.165) is 15.8 Å². The third kappa shape index (κ3) is 9.53. The van der Waals surface area contributed by atoms with Gasteiger partial charge in [0, 0.05) is 21.5 Å². The maximum absolute atomic E-state index is 12.6. The van der Waals surface area contributed by atoms with Gasteiger partial charge in [-0.25, -0.2) is 8.78 Å². The van der Waals surface area contributed by atoms with Crippen LogP contribution in [0.3, 0.4) is 0 Å². The molecule has 0 heterocycles. The third-order valence-corrected chi connectivity index (χ3v) is 4.04. The summed E-state index contributed by atoms with van der Waals surface area (Å²) in [6, 6.07) is 31.7. The number of hydrogen-bond acceptors (Lipinski definition) is 2. The maximum Gasteiger partial charge on any atom is 0.123 e. The molecule has 0 radical (unpaired) electrons. The van der Waals surface area contributed by atoms with Crippen LogP contribution in [0.2, 0.25) is 0 Å². The first kappa shape index (κ1) is 22.1. The Morgan fingerprint density at radius 1 is 0.552 bits per heavy atom. The van der Waals surface area contributed by atoms with Gasteiger partial charge in [-0.05, 0) is 72.8 Å². The number of benzene rings is 4. The van der Waals surface area contributed by atoms with E-state index in [1.54, 1.807) is 12.1 Å². The summed E-state index contributed by atoms with van der Waals surface area (Å²) < 4.78 is 25.8. The molecule has 0 saturated heterocycles. The molecule has 4 rings (SSSR count). The van der Waals surface area contributed by atoms with Crippen LogP contribution in [0.5, 0.6) is 0 Å². The number of hydrogen-bond donors (Lipinski definition) is 2. The van der Waals surface area contributed by atoms with Gasteiger partial charge in [-0.15, -0.1) is 0 Å². The van der Waals surface area contributed by atoms with Gasteiger partial charge >= 0.3 is 0 Å². The van der Waals surface area contributed by atoms with Gasteiger partial charge in [0.15, 0.2) is 0 Å². The Labute approximate surface area is 178 Å². The summed E-state index contributed by atoms with van der Waals surface area (Å²) in [6.07, 6.45) is 0. The van der Waals surface area contributed by atoms with Crippen LogP contribution in [0.1, 0.15) is 0 Å². The van der Waals surface area contributed by atoms with Crippen molar-refractivity contribution in [3.05, 3.63) is 125 Å². The standard InChI is InChI=1S/C12H10FN.C6H5Br.C6H6FN/c13-10-6-8-12(9-7-10)14-11-4-2-1-3-5-11;7-6-4-2-1-3-5-6;7-5-1-3-6(8)4-2-5/h1-9,14H;1-5H;1-4H,8H2. The van der Waals surface area contributed by atoms with E-state index in [1.165, 1.54) is 36.4 Å². The number of rotatable bonds is 2. The molecule has 0 fully saturated rings. The summed E-state index contributed by atoms with van der Waals surface area (Å²) in [5, 5.41) is 3.16. The van der Waals surface area contributed by atoms with Gasteiger partial charge in [0.05, 0.1) is 0 Å². The highest BCUT2D eigenvalue weighted by Crippen LogP contribution is 2.15. The minimum atomic E-state index is -0.251. The Balaban J connectivity index is 0.000000170. The second-order valence-electron chi connectivity index (χ2n) is 5.85. The number of nitrogen functional groups attached to an aromatic ring is 1. The summed E-state index contributed by atoms with van der Waals surface area (Å²) in [4.78, 5) is 0. The van der Waals surface area contributed by atoms with Crippen molar-refractivity contribution in [3.63, 3.8) is 0 Å². The second kappa shape index (κ2) is 12.3. The van der Waals surface area contributed by atoms with Crippen LogP contribution in [0, 0.1) is 11.6 Å². The molecule has 3 N–H and O–H groups in total. The van der Waals surface area contributed by atoms with Crippen LogP contribution in [-0.4, -0.2) is 0 Å². The first-order valence-electron chi connectivity index (χ1n) is 8.82. The van der Waals surface area contributed by atoms with E-state index in [2.05, 4.69) is 21.2 Å². The van der Waals surface area contributed by atoms with Crippen molar-refractivity contribution >= 4 is 33.0 Å². The first-order valence-corrected chi connectivity index (χ1v) is 9.61. The van der Waals surface area contributed by atoms with Gasteiger partial charge in [0.2, 0.25) is 0 Å². The van der Waals surface area contributed by atoms with Crippen molar-refractivity contribution in [2.75, 3.05) is 11.1 Å². The Morgan fingerprint density at radius 2 is 0.966 bits per heavy atom. The van der Waals surface area contributed by atoms with Crippen molar-refractivity contribution in [1.29, 1.82) is 0 Å². The van der Waals surface area contributed by atoms with Crippen molar-refractivity contribution in [3.8, 4) is 0 Å². The topological polar surface area (TPSA) is 38.0 Å². The van der Waals surface area contributed by atoms with Crippen LogP contribution in [0.25, 0.3) is 0 Å². The van der Waals surface area contributed by atoms with E-state index in [9.17, 15) is 8.78 Å². The molecule has 2 nitrogen and oxygen atoms in total. The molecule has 5 heteroatoms. The molecule has 4 aromatic carbocycles. The third-order valence-electron chi connectivity index (χ3n) is 3.51. The molecule has 0 amide bonds. The highest BCUT2D eigenvalue weighted by atomic mass is 79.9. The van der Waals surface area contributed by atoms with Crippen LogP contribution in [-0.2, 0) is 0 Å². The zero-order valence-corrected chi connectivity index (χ0v) is 17.2. The molecular formula is C24H21BrF2N2. The Kier molecular flexibility index (Phi) is 9.39. The lowest BCUT2D eigenvalue weighted by Gasteiger charge is -2.05.